The van der Waals surface area contributed by atoms with Gasteiger partial charge in [0.1, 0.15) is 0 Å². The number of nitrogens with zero attached hydrogens (tertiary/aromatic N) is 1. The van der Waals surface area contributed by atoms with E-state index in [-0.39, 0.29) is 24.0 Å². The molecular weight excluding hydrogens is 333 g/mol. The van der Waals surface area contributed by atoms with Crippen LogP contribution in [0.3, 0.4) is 0 Å². The lowest BCUT2D eigenvalue weighted by atomic mass is 10.3. The first-order valence-electron chi connectivity index (χ1n) is 5.89. The van der Waals surface area contributed by atoms with Crippen molar-refractivity contribution in [3.05, 3.63) is 0 Å². The fourth-order valence-electron chi connectivity index (χ4n) is 1.35. The van der Waals surface area contributed by atoms with Crippen LogP contribution < -0.4 is 10.6 Å². The van der Waals surface area contributed by atoms with Crippen LogP contribution in [0.4, 0.5) is 0 Å². The van der Waals surface area contributed by atoms with Crippen LogP contribution in [0.25, 0.3) is 0 Å². The molecule has 0 bridgehead atoms. The zero-order chi connectivity index (χ0) is 10.9. The Hall–Kier alpha value is 0.350. The number of hydrogen-bond donors (Lipinski definition) is 2. The van der Waals surface area contributed by atoms with E-state index in [1.54, 1.807) is 0 Å². The molecule has 0 saturated carbocycles. The Balaban J connectivity index is 0.00000225. The van der Waals surface area contributed by atoms with Gasteiger partial charge in [0.05, 0.1) is 0 Å². The third kappa shape index (κ3) is 8.50. The maximum atomic E-state index is 4.36. The van der Waals surface area contributed by atoms with E-state index in [4.69, 9.17) is 0 Å². The lowest BCUT2D eigenvalue weighted by Gasteiger charge is -2.15. The van der Waals surface area contributed by atoms with Gasteiger partial charge in [-0.2, -0.15) is 11.8 Å². The molecule has 0 radical (unpaired) electrons. The monoisotopic (exact) mass is 357 g/mol. The number of rotatable bonds is 6. The minimum atomic E-state index is 0. The molecule has 1 rings (SSSR count). The highest BCUT2D eigenvalue weighted by Gasteiger charge is 2.01. The molecule has 0 atom stereocenters. The maximum absolute atomic E-state index is 4.36. The molecule has 1 aliphatic heterocycles. The molecule has 0 saturated heterocycles. The second kappa shape index (κ2) is 10.5. The summed E-state index contributed by atoms with van der Waals surface area (Å²) in [4.78, 5) is 4.36. The summed E-state index contributed by atoms with van der Waals surface area (Å²) >= 11 is 2.05. The van der Waals surface area contributed by atoms with Gasteiger partial charge in [-0.3, -0.25) is 4.99 Å². The van der Waals surface area contributed by atoms with Crippen molar-refractivity contribution in [3.63, 3.8) is 0 Å². The number of guanidine groups is 1. The zero-order valence-electron chi connectivity index (χ0n) is 10.3. The number of halogens is 1. The summed E-state index contributed by atoms with van der Waals surface area (Å²) in [6, 6.07) is 0. The van der Waals surface area contributed by atoms with Crippen LogP contribution in [0.2, 0.25) is 0 Å². The summed E-state index contributed by atoms with van der Waals surface area (Å²) in [5, 5.41) is 6.60. The zero-order valence-corrected chi connectivity index (χ0v) is 13.4. The molecule has 0 aliphatic carbocycles. The molecule has 0 unspecified atom stereocenters. The fourth-order valence-corrected chi connectivity index (χ4v) is 2.34. The summed E-state index contributed by atoms with van der Waals surface area (Å²) < 4.78 is 0. The Bertz CT molecular complexity index is 198. The van der Waals surface area contributed by atoms with E-state index in [1.807, 2.05) is 11.8 Å². The van der Waals surface area contributed by atoms with Crippen molar-refractivity contribution in [2.24, 2.45) is 10.9 Å². The highest BCUT2D eigenvalue weighted by molar-refractivity contribution is 14.0. The molecule has 0 aromatic heterocycles. The van der Waals surface area contributed by atoms with Crippen molar-refractivity contribution in [1.29, 1.82) is 0 Å². The van der Waals surface area contributed by atoms with E-state index in [0.29, 0.717) is 0 Å². The van der Waals surface area contributed by atoms with Gasteiger partial charge in [-0.05, 0) is 30.3 Å². The molecule has 0 fully saturated rings. The first-order chi connectivity index (χ1) is 7.29. The van der Waals surface area contributed by atoms with Crippen molar-refractivity contribution in [3.8, 4) is 0 Å². The molecule has 0 amide bonds. The van der Waals surface area contributed by atoms with Gasteiger partial charge in [0.25, 0.3) is 0 Å². The predicted octanol–water partition coefficient (Wildman–Crippen LogP) is 2.32. The smallest absolute Gasteiger partial charge is 0.191 e. The SMILES string of the molecule is CC(C)CSCCCNC1=NCCCN1.I. The average Bonchev–Trinajstić information content (AvgIpc) is 2.24. The molecule has 3 nitrogen and oxygen atoms in total. The van der Waals surface area contributed by atoms with Gasteiger partial charge in [-0.1, -0.05) is 13.8 Å². The van der Waals surface area contributed by atoms with Crippen LogP contribution in [0, 0.1) is 5.92 Å². The molecule has 0 aromatic rings. The fraction of sp³-hybridized carbons (Fsp3) is 0.909. The molecule has 0 spiro atoms. The van der Waals surface area contributed by atoms with Gasteiger partial charge in [0.2, 0.25) is 0 Å². The number of nitrogens with one attached hydrogen (secondary N) is 2. The van der Waals surface area contributed by atoms with E-state index in [9.17, 15) is 0 Å². The van der Waals surface area contributed by atoms with E-state index in [1.165, 1.54) is 17.9 Å². The van der Waals surface area contributed by atoms with Gasteiger partial charge in [0.15, 0.2) is 5.96 Å². The van der Waals surface area contributed by atoms with Crippen molar-refractivity contribution in [1.82, 2.24) is 10.6 Å². The number of aliphatic imine (C=N–C) groups is 1. The van der Waals surface area contributed by atoms with Gasteiger partial charge >= 0.3 is 0 Å². The van der Waals surface area contributed by atoms with Crippen LogP contribution in [0.5, 0.6) is 0 Å². The number of thioether (sulfide) groups is 1. The van der Waals surface area contributed by atoms with E-state index in [2.05, 4.69) is 29.5 Å². The largest absolute Gasteiger partial charge is 0.356 e. The van der Waals surface area contributed by atoms with Crippen LogP contribution in [0.15, 0.2) is 4.99 Å². The maximum Gasteiger partial charge on any atom is 0.191 e. The molecule has 96 valence electrons. The van der Waals surface area contributed by atoms with Gasteiger partial charge in [0, 0.05) is 19.6 Å². The lowest BCUT2D eigenvalue weighted by Crippen LogP contribution is -2.41. The van der Waals surface area contributed by atoms with Crippen molar-refractivity contribution < 1.29 is 0 Å². The molecule has 16 heavy (non-hydrogen) atoms. The Kier molecular flexibility index (Phi) is 10.7. The highest BCUT2D eigenvalue weighted by atomic mass is 127. The first-order valence-corrected chi connectivity index (χ1v) is 7.04. The third-order valence-corrected chi connectivity index (χ3v) is 3.59. The Labute approximate surface area is 121 Å². The minimum absolute atomic E-state index is 0. The Morgan fingerprint density at radius 1 is 1.50 bits per heavy atom. The predicted molar refractivity (Wildman–Crippen MR) is 85.1 cm³/mol. The number of hydrogen-bond acceptors (Lipinski definition) is 4. The van der Waals surface area contributed by atoms with Crippen LogP contribution in [-0.2, 0) is 0 Å². The van der Waals surface area contributed by atoms with Gasteiger partial charge in [-0.25, -0.2) is 0 Å². The van der Waals surface area contributed by atoms with Crippen LogP contribution >= 0.6 is 35.7 Å². The second-order valence-corrected chi connectivity index (χ2v) is 5.41. The summed E-state index contributed by atoms with van der Waals surface area (Å²) in [5.74, 6) is 4.33. The third-order valence-electron chi connectivity index (χ3n) is 2.11. The molecule has 1 aliphatic rings. The average molecular weight is 357 g/mol. The summed E-state index contributed by atoms with van der Waals surface area (Å²) in [6.45, 7) is 7.61. The van der Waals surface area contributed by atoms with Crippen molar-refractivity contribution >= 4 is 41.7 Å². The second-order valence-electron chi connectivity index (χ2n) is 4.26. The Morgan fingerprint density at radius 2 is 2.31 bits per heavy atom. The Morgan fingerprint density at radius 3 is 2.94 bits per heavy atom. The highest BCUT2D eigenvalue weighted by Crippen LogP contribution is 2.07. The van der Waals surface area contributed by atoms with E-state index in [0.717, 1.165) is 37.9 Å². The molecular formula is C11H24IN3S. The van der Waals surface area contributed by atoms with E-state index < -0.39 is 0 Å². The first kappa shape index (κ1) is 16.4. The minimum Gasteiger partial charge on any atom is -0.356 e. The van der Waals surface area contributed by atoms with Crippen LogP contribution in [-0.4, -0.2) is 37.1 Å². The standard InChI is InChI=1S/C11H23N3S.HI/c1-10(2)9-15-8-4-7-14-11-12-5-3-6-13-11;/h10H,3-9H2,1-2H3,(H2,12,13,14);1H. The normalized spacial score (nSPS) is 15.1. The van der Waals surface area contributed by atoms with E-state index >= 15 is 0 Å². The summed E-state index contributed by atoms with van der Waals surface area (Å²) in [6.07, 6.45) is 2.38. The molecule has 1 heterocycles. The van der Waals surface area contributed by atoms with Crippen LogP contribution in [0.1, 0.15) is 26.7 Å². The molecule has 2 N–H and O–H groups in total. The summed E-state index contributed by atoms with van der Waals surface area (Å²) in [5.41, 5.74) is 0. The molecule has 0 aromatic carbocycles. The molecule has 5 heteroatoms. The van der Waals surface area contributed by atoms with Gasteiger partial charge in [-0.15, -0.1) is 24.0 Å². The van der Waals surface area contributed by atoms with Gasteiger partial charge < -0.3 is 10.6 Å². The lowest BCUT2D eigenvalue weighted by molar-refractivity contribution is 0.697. The quantitative estimate of drug-likeness (QED) is 0.566. The summed E-state index contributed by atoms with van der Waals surface area (Å²) in [7, 11) is 0. The van der Waals surface area contributed by atoms with Crippen molar-refractivity contribution in [2.45, 2.75) is 26.7 Å². The van der Waals surface area contributed by atoms with Crippen molar-refractivity contribution in [2.75, 3.05) is 31.1 Å². The topological polar surface area (TPSA) is 36.4 Å².